The Balaban J connectivity index is 1.84. The van der Waals surface area contributed by atoms with Crippen molar-refractivity contribution in [3.05, 3.63) is 52.1 Å². The molecule has 0 radical (unpaired) electrons. The van der Waals surface area contributed by atoms with Crippen LogP contribution in [0.3, 0.4) is 0 Å². The first kappa shape index (κ1) is 24.6. The van der Waals surface area contributed by atoms with Crippen molar-refractivity contribution in [1.29, 1.82) is 0 Å². The molecule has 2 amide bonds. The molecule has 0 spiro atoms. The van der Waals surface area contributed by atoms with Crippen LogP contribution in [0.5, 0.6) is 0 Å². The lowest BCUT2D eigenvalue weighted by atomic mass is 9.78. The van der Waals surface area contributed by atoms with Gasteiger partial charge in [-0.15, -0.1) is 0 Å². The van der Waals surface area contributed by atoms with Gasteiger partial charge < -0.3 is 20.3 Å². The molecule has 1 aromatic carbocycles. The number of hydrogen-bond acceptors (Lipinski definition) is 4. The van der Waals surface area contributed by atoms with Crippen LogP contribution >= 0.6 is 0 Å². The third-order valence-corrected chi connectivity index (χ3v) is 6.96. The van der Waals surface area contributed by atoms with Gasteiger partial charge in [0.05, 0.1) is 17.4 Å². The lowest BCUT2D eigenvalue weighted by molar-refractivity contribution is -0.119. The minimum absolute atomic E-state index is 0.160. The molecule has 3 rings (SSSR count). The van der Waals surface area contributed by atoms with E-state index in [-0.39, 0.29) is 17.6 Å². The maximum atomic E-state index is 13.5. The molecule has 0 saturated heterocycles. The predicted octanol–water partition coefficient (Wildman–Crippen LogP) is 3.72. The van der Waals surface area contributed by atoms with Crippen molar-refractivity contribution in [2.75, 3.05) is 5.32 Å². The number of aryl methyl sites for hydroxylation is 1. The van der Waals surface area contributed by atoms with E-state index in [4.69, 9.17) is 0 Å². The third kappa shape index (κ3) is 4.85. The van der Waals surface area contributed by atoms with Gasteiger partial charge >= 0.3 is 0 Å². The predicted molar refractivity (Wildman–Crippen MR) is 124 cm³/mol. The second-order valence-corrected chi connectivity index (χ2v) is 9.06. The van der Waals surface area contributed by atoms with E-state index in [2.05, 4.69) is 10.6 Å². The van der Waals surface area contributed by atoms with Crippen LogP contribution < -0.4 is 10.6 Å². The van der Waals surface area contributed by atoms with E-state index in [9.17, 15) is 23.9 Å². The van der Waals surface area contributed by atoms with Crippen molar-refractivity contribution >= 4 is 23.3 Å². The summed E-state index contributed by atoms with van der Waals surface area (Å²) in [4.78, 5) is 39.1. The number of ketones is 1. The van der Waals surface area contributed by atoms with Crippen LogP contribution in [0.1, 0.15) is 76.7 Å². The first-order chi connectivity index (χ1) is 15.5. The Morgan fingerprint density at radius 1 is 1.18 bits per heavy atom. The Morgan fingerprint density at radius 2 is 1.82 bits per heavy atom. The van der Waals surface area contributed by atoms with E-state index in [1.165, 1.54) is 18.2 Å². The molecule has 1 fully saturated rings. The molecular formula is C25H32FN3O4. The minimum atomic E-state index is -0.710. The molecule has 1 saturated carbocycles. The fraction of sp³-hybridized carbons (Fsp3) is 0.480. The molecule has 1 heterocycles. The van der Waals surface area contributed by atoms with Crippen molar-refractivity contribution in [2.24, 2.45) is 7.05 Å². The smallest absolute Gasteiger partial charge is 0.294 e. The topological polar surface area (TPSA) is 100 Å². The Kier molecular flexibility index (Phi) is 7.07. The van der Waals surface area contributed by atoms with Crippen molar-refractivity contribution in [2.45, 2.75) is 71.4 Å². The quantitative estimate of drug-likeness (QED) is 0.455. The second-order valence-electron chi connectivity index (χ2n) is 9.06. The standard InChI is InChI=1S/C25H32FN3O4/c1-6-25(11-9-18(30)10-12-25)28-24(33)22(31)21-15(3)20(16(4)29(21)5)23(32)27-17-7-8-19(26)14(2)13-17/h7-8,13,18,30H,6,9-12H2,1-5H3,(H,27,32)(H,28,33)/t18-,25+. The molecule has 0 aliphatic heterocycles. The molecule has 0 bridgehead atoms. The number of anilines is 1. The molecule has 178 valence electrons. The number of carbonyl (C=O) groups is 3. The van der Waals surface area contributed by atoms with E-state index in [1.54, 1.807) is 32.4 Å². The summed E-state index contributed by atoms with van der Waals surface area (Å²) in [6.45, 7) is 6.92. The number of aromatic nitrogens is 1. The Labute approximate surface area is 193 Å². The molecule has 33 heavy (non-hydrogen) atoms. The zero-order chi connectivity index (χ0) is 24.5. The highest BCUT2D eigenvalue weighted by molar-refractivity contribution is 6.43. The summed E-state index contributed by atoms with van der Waals surface area (Å²) in [5, 5.41) is 15.5. The molecule has 2 aromatic rings. The normalized spacial score (nSPS) is 20.4. The summed E-state index contributed by atoms with van der Waals surface area (Å²) in [7, 11) is 1.65. The van der Waals surface area contributed by atoms with Gasteiger partial charge in [0.25, 0.3) is 17.6 Å². The van der Waals surface area contributed by atoms with Crippen LogP contribution in [0.25, 0.3) is 0 Å². The highest BCUT2D eigenvalue weighted by atomic mass is 19.1. The van der Waals surface area contributed by atoms with Crippen LogP contribution in [0, 0.1) is 26.6 Å². The summed E-state index contributed by atoms with van der Waals surface area (Å²) in [6.07, 6.45) is 2.67. The summed E-state index contributed by atoms with van der Waals surface area (Å²) < 4.78 is 15.1. The summed E-state index contributed by atoms with van der Waals surface area (Å²) in [5.41, 5.74) is 1.76. The Morgan fingerprint density at radius 3 is 2.39 bits per heavy atom. The number of carbonyl (C=O) groups excluding carboxylic acids is 3. The summed E-state index contributed by atoms with van der Waals surface area (Å²) in [6, 6.07) is 4.28. The fourth-order valence-corrected chi connectivity index (χ4v) is 4.68. The molecule has 0 atom stereocenters. The molecular weight excluding hydrogens is 425 g/mol. The van der Waals surface area contributed by atoms with E-state index < -0.39 is 23.1 Å². The van der Waals surface area contributed by atoms with Crippen LogP contribution in [0.15, 0.2) is 18.2 Å². The number of amides is 2. The monoisotopic (exact) mass is 457 g/mol. The van der Waals surface area contributed by atoms with Gasteiger partial charge in [-0.1, -0.05) is 6.92 Å². The van der Waals surface area contributed by atoms with E-state index in [1.807, 2.05) is 6.92 Å². The fourth-order valence-electron chi connectivity index (χ4n) is 4.68. The van der Waals surface area contributed by atoms with Gasteiger partial charge in [0, 0.05) is 24.0 Å². The van der Waals surface area contributed by atoms with E-state index >= 15 is 0 Å². The number of Topliss-reactive ketones (excluding diaryl/α,β-unsaturated/α-hetero) is 1. The SMILES string of the molecule is CC[C@]1(NC(=O)C(=O)c2c(C)c(C(=O)Nc3ccc(F)c(C)c3)c(C)n2C)CC[C@@H](O)CC1. The van der Waals surface area contributed by atoms with Crippen molar-refractivity contribution < 1.29 is 23.9 Å². The average molecular weight is 458 g/mol. The van der Waals surface area contributed by atoms with Gasteiger partial charge in [-0.3, -0.25) is 14.4 Å². The van der Waals surface area contributed by atoms with Crippen molar-refractivity contribution in [3.8, 4) is 0 Å². The minimum Gasteiger partial charge on any atom is -0.393 e. The van der Waals surface area contributed by atoms with E-state index in [0.717, 1.165) is 0 Å². The van der Waals surface area contributed by atoms with Gasteiger partial charge in [-0.2, -0.15) is 0 Å². The van der Waals surface area contributed by atoms with Crippen LogP contribution in [0.4, 0.5) is 10.1 Å². The molecule has 1 aromatic heterocycles. The summed E-state index contributed by atoms with van der Waals surface area (Å²) in [5.74, 6) is -2.21. The maximum absolute atomic E-state index is 13.5. The lowest BCUT2D eigenvalue weighted by Gasteiger charge is -2.38. The molecule has 1 aliphatic carbocycles. The van der Waals surface area contributed by atoms with Gasteiger partial charge in [0.1, 0.15) is 5.82 Å². The third-order valence-electron chi connectivity index (χ3n) is 6.96. The number of aliphatic hydroxyl groups excluding tert-OH is 1. The number of halogens is 1. The molecule has 3 N–H and O–H groups in total. The number of hydrogen-bond donors (Lipinski definition) is 3. The second kappa shape index (κ2) is 9.47. The molecule has 1 aliphatic rings. The van der Waals surface area contributed by atoms with Crippen LogP contribution in [0.2, 0.25) is 0 Å². The average Bonchev–Trinajstić information content (AvgIpc) is 3.00. The lowest BCUT2D eigenvalue weighted by Crippen LogP contribution is -2.53. The van der Waals surface area contributed by atoms with Crippen LogP contribution in [-0.4, -0.2) is 38.9 Å². The maximum Gasteiger partial charge on any atom is 0.294 e. The number of aliphatic hydroxyl groups is 1. The Bertz CT molecular complexity index is 1100. The molecule has 0 unspecified atom stereocenters. The van der Waals surface area contributed by atoms with Crippen molar-refractivity contribution in [3.63, 3.8) is 0 Å². The number of rotatable bonds is 6. The largest absolute Gasteiger partial charge is 0.393 e. The highest BCUT2D eigenvalue weighted by Gasteiger charge is 2.37. The number of nitrogens with zero attached hydrogens (tertiary/aromatic N) is 1. The van der Waals surface area contributed by atoms with E-state index in [0.29, 0.717) is 60.2 Å². The zero-order valence-corrected chi connectivity index (χ0v) is 19.8. The first-order valence-electron chi connectivity index (χ1n) is 11.3. The first-order valence-corrected chi connectivity index (χ1v) is 11.3. The number of nitrogens with one attached hydrogen (secondary N) is 2. The van der Waals surface area contributed by atoms with Gasteiger partial charge in [0.2, 0.25) is 0 Å². The molecule has 8 heteroatoms. The Hall–Kier alpha value is -3.00. The van der Waals surface area contributed by atoms with Gasteiger partial charge in [-0.25, -0.2) is 4.39 Å². The summed E-state index contributed by atoms with van der Waals surface area (Å²) >= 11 is 0. The number of benzene rings is 1. The van der Waals surface area contributed by atoms with Crippen molar-refractivity contribution in [1.82, 2.24) is 9.88 Å². The molecule has 7 nitrogen and oxygen atoms in total. The highest BCUT2D eigenvalue weighted by Crippen LogP contribution is 2.31. The van der Waals surface area contributed by atoms with Crippen LogP contribution in [-0.2, 0) is 11.8 Å². The van der Waals surface area contributed by atoms with Gasteiger partial charge in [0.15, 0.2) is 0 Å². The van der Waals surface area contributed by atoms with Gasteiger partial charge in [-0.05, 0) is 82.2 Å². The zero-order valence-electron chi connectivity index (χ0n) is 19.8.